The second kappa shape index (κ2) is 9.28. The number of rotatable bonds is 6. The molecule has 0 bridgehead atoms. The Morgan fingerprint density at radius 3 is 2.35 bits per heavy atom. The summed E-state index contributed by atoms with van der Waals surface area (Å²) in [6, 6.07) is 10.8. The molecule has 0 saturated carbocycles. The van der Waals surface area contributed by atoms with Crippen LogP contribution in [0, 0.1) is 0 Å². The van der Waals surface area contributed by atoms with Gasteiger partial charge in [-0.15, -0.1) is 0 Å². The monoisotopic (exact) mass is 458 g/mol. The Morgan fingerprint density at radius 1 is 0.968 bits per heavy atom. The summed E-state index contributed by atoms with van der Waals surface area (Å²) in [5.41, 5.74) is 1.35. The molecule has 31 heavy (non-hydrogen) atoms. The van der Waals surface area contributed by atoms with Crippen LogP contribution in [0.2, 0.25) is 10.0 Å². The van der Waals surface area contributed by atoms with Gasteiger partial charge >= 0.3 is 0 Å². The summed E-state index contributed by atoms with van der Waals surface area (Å²) in [5, 5.41) is 0.852. The molecule has 0 atom stereocenters. The molecular weight excluding hydrogens is 435 g/mol. The first-order valence-electron chi connectivity index (χ1n) is 10.5. The lowest BCUT2D eigenvalue weighted by Crippen LogP contribution is -2.48. The van der Waals surface area contributed by atoms with Crippen molar-refractivity contribution in [2.24, 2.45) is 0 Å². The molecule has 3 heterocycles. The molecule has 2 amide bonds. The van der Waals surface area contributed by atoms with Gasteiger partial charge in [0.2, 0.25) is 0 Å². The minimum atomic E-state index is -0.287. The fourth-order valence-corrected chi connectivity index (χ4v) is 4.51. The highest BCUT2D eigenvalue weighted by molar-refractivity contribution is 6.41. The van der Waals surface area contributed by atoms with Gasteiger partial charge in [0, 0.05) is 49.5 Å². The minimum absolute atomic E-state index is 0.245. The average Bonchev–Trinajstić information content (AvgIpc) is 3.02. The van der Waals surface area contributed by atoms with Crippen molar-refractivity contribution in [2.75, 3.05) is 37.6 Å². The molecule has 1 saturated heterocycles. The number of nitrogens with zero attached hydrogens (tertiary/aromatic N) is 4. The van der Waals surface area contributed by atoms with E-state index in [9.17, 15) is 9.59 Å². The maximum atomic E-state index is 13.3. The van der Waals surface area contributed by atoms with Crippen LogP contribution in [0.25, 0.3) is 5.57 Å². The van der Waals surface area contributed by atoms with Gasteiger partial charge in [0.1, 0.15) is 11.5 Å². The van der Waals surface area contributed by atoms with Gasteiger partial charge in [0.05, 0.1) is 10.6 Å². The van der Waals surface area contributed by atoms with Gasteiger partial charge in [-0.25, -0.2) is 4.98 Å². The van der Waals surface area contributed by atoms with Crippen LogP contribution < -0.4 is 4.90 Å². The van der Waals surface area contributed by atoms with Crippen molar-refractivity contribution in [3.05, 3.63) is 63.9 Å². The third kappa shape index (κ3) is 4.27. The van der Waals surface area contributed by atoms with E-state index in [-0.39, 0.29) is 11.8 Å². The Morgan fingerprint density at radius 2 is 1.71 bits per heavy atom. The van der Waals surface area contributed by atoms with Crippen LogP contribution >= 0.6 is 23.2 Å². The summed E-state index contributed by atoms with van der Waals surface area (Å²) in [6.07, 6.45) is 3.43. The van der Waals surface area contributed by atoms with Crippen LogP contribution in [-0.2, 0) is 9.59 Å². The fourth-order valence-electron chi connectivity index (χ4n) is 4.01. The number of carbonyl (C=O) groups is 2. The number of piperazine rings is 1. The van der Waals surface area contributed by atoms with Crippen LogP contribution in [0.1, 0.15) is 25.3 Å². The van der Waals surface area contributed by atoms with Crippen LogP contribution in [-0.4, -0.2) is 59.3 Å². The number of pyridine rings is 1. The number of hydrogen-bond donors (Lipinski definition) is 0. The predicted octanol–water partition coefficient (Wildman–Crippen LogP) is 4.09. The molecule has 1 aromatic carbocycles. The number of halogens is 2. The molecule has 2 aliphatic rings. The zero-order valence-corrected chi connectivity index (χ0v) is 18.9. The molecule has 0 spiro atoms. The first-order valence-corrected chi connectivity index (χ1v) is 11.2. The number of amides is 2. The van der Waals surface area contributed by atoms with E-state index in [1.165, 1.54) is 4.90 Å². The number of carbonyl (C=O) groups excluding carboxylic acids is 2. The third-order valence-corrected chi connectivity index (χ3v) is 6.20. The molecule has 6 nitrogen and oxygen atoms in total. The molecule has 0 N–H and O–H groups in total. The molecule has 2 aromatic rings. The molecule has 1 aromatic heterocycles. The summed E-state index contributed by atoms with van der Waals surface area (Å²) in [6.45, 7) is 5.08. The van der Waals surface area contributed by atoms with E-state index in [2.05, 4.69) is 9.88 Å². The minimum Gasteiger partial charge on any atom is -0.363 e. The maximum absolute atomic E-state index is 13.3. The third-order valence-electron chi connectivity index (χ3n) is 5.65. The maximum Gasteiger partial charge on any atom is 0.277 e. The van der Waals surface area contributed by atoms with Crippen molar-refractivity contribution >= 4 is 46.4 Å². The normalized spacial score (nSPS) is 17.2. The number of benzene rings is 1. The van der Waals surface area contributed by atoms with Gasteiger partial charge < -0.3 is 9.80 Å². The van der Waals surface area contributed by atoms with Crippen molar-refractivity contribution in [1.29, 1.82) is 0 Å². The Kier molecular flexibility index (Phi) is 6.49. The topological polar surface area (TPSA) is 56.8 Å². The zero-order valence-electron chi connectivity index (χ0n) is 17.4. The summed E-state index contributed by atoms with van der Waals surface area (Å²) in [4.78, 5) is 36.6. The summed E-state index contributed by atoms with van der Waals surface area (Å²) >= 11 is 12.5. The van der Waals surface area contributed by atoms with E-state index in [0.717, 1.165) is 18.7 Å². The Labute approximate surface area is 192 Å². The number of unbranched alkanes of at least 4 members (excludes halogenated alkanes) is 1. The first kappa shape index (κ1) is 21.7. The fraction of sp³-hybridized carbons (Fsp3) is 0.348. The highest BCUT2D eigenvalue weighted by Crippen LogP contribution is 2.36. The summed E-state index contributed by atoms with van der Waals surface area (Å²) in [5.74, 6) is 0.381. The number of hydrogen-bond acceptors (Lipinski definition) is 5. The zero-order chi connectivity index (χ0) is 22.0. The molecular formula is C23H24Cl2N4O2. The molecule has 162 valence electrons. The SMILES string of the molecule is CCCCN1C(=O)C(c2ccc(Cl)cc2Cl)=C(N2CCN(c3ccccn3)CC2)C1=O. The Hall–Kier alpha value is -2.57. The average molecular weight is 459 g/mol. The van der Waals surface area contributed by atoms with Crippen molar-refractivity contribution in [2.45, 2.75) is 19.8 Å². The second-order valence-electron chi connectivity index (χ2n) is 7.63. The van der Waals surface area contributed by atoms with Gasteiger partial charge in [0.15, 0.2) is 0 Å². The van der Waals surface area contributed by atoms with E-state index >= 15 is 0 Å². The number of imide groups is 1. The van der Waals surface area contributed by atoms with Crippen LogP contribution in [0.3, 0.4) is 0 Å². The molecule has 0 radical (unpaired) electrons. The molecule has 4 rings (SSSR count). The Balaban J connectivity index is 1.66. The highest BCUT2D eigenvalue weighted by atomic mass is 35.5. The van der Waals surface area contributed by atoms with Gasteiger partial charge in [-0.3, -0.25) is 14.5 Å². The van der Waals surface area contributed by atoms with Gasteiger partial charge in [-0.2, -0.15) is 0 Å². The van der Waals surface area contributed by atoms with Crippen molar-refractivity contribution in [3.63, 3.8) is 0 Å². The largest absolute Gasteiger partial charge is 0.363 e. The quantitative estimate of drug-likeness (QED) is 0.610. The van der Waals surface area contributed by atoms with Crippen molar-refractivity contribution in [3.8, 4) is 0 Å². The van der Waals surface area contributed by atoms with E-state index in [1.807, 2.05) is 30.0 Å². The van der Waals surface area contributed by atoms with Crippen LogP contribution in [0.5, 0.6) is 0 Å². The van der Waals surface area contributed by atoms with Crippen molar-refractivity contribution in [1.82, 2.24) is 14.8 Å². The van der Waals surface area contributed by atoms with Crippen LogP contribution in [0.4, 0.5) is 5.82 Å². The van der Waals surface area contributed by atoms with E-state index in [1.54, 1.807) is 24.4 Å². The number of anilines is 1. The van der Waals surface area contributed by atoms with Gasteiger partial charge in [-0.1, -0.05) is 48.7 Å². The summed E-state index contributed by atoms with van der Waals surface area (Å²) in [7, 11) is 0. The first-order chi connectivity index (χ1) is 15.0. The molecule has 1 fully saturated rings. The summed E-state index contributed by atoms with van der Waals surface area (Å²) < 4.78 is 0. The highest BCUT2D eigenvalue weighted by Gasteiger charge is 2.42. The molecule has 2 aliphatic heterocycles. The van der Waals surface area contributed by atoms with E-state index < -0.39 is 0 Å². The smallest absolute Gasteiger partial charge is 0.277 e. The lowest BCUT2D eigenvalue weighted by Gasteiger charge is -2.37. The van der Waals surface area contributed by atoms with Crippen molar-refractivity contribution < 1.29 is 9.59 Å². The lowest BCUT2D eigenvalue weighted by atomic mass is 10.0. The predicted molar refractivity (Wildman–Crippen MR) is 123 cm³/mol. The van der Waals surface area contributed by atoms with E-state index in [4.69, 9.17) is 23.2 Å². The van der Waals surface area contributed by atoms with Gasteiger partial charge in [0.25, 0.3) is 11.8 Å². The second-order valence-corrected chi connectivity index (χ2v) is 8.47. The molecule has 8 heteroatoms. The van der Waals surface area contributed by atoms with E-state index in [0.29, 0.717) is 59.6 Å². The molecule has 0 aliphatic carbocycles. The number of aromatic nitrogens is 1. The van der Waals surface area contributed by atoms with Crippen LogP contribution in [0.15, 0.2) is 48.3 Å². The molecule has 0 unspecified atom stereocenters. The standard InChI is InChI=1S/C23H24Cl2N4O2/c1-2-3-10-29-22(30)20(17-8-7-16(24)15-18(17)25)21(23(29)31)28-13-11-27(12-14-28)19-6-4-5-9-26-19/h4-9,15H,2-3,10-14H2,1H3. The lowest BCUT2D eigenvalue weighted by molar-refractivity contribution is -0.137. The Bertz CT molecular complexity index is 1020. The van der Waals surface area contributed by atoms with Gasteiger partial charge in [-0.05, 0) is 30.7 Å².